The average Bonchev–Trinajstić information content (AvgIpc) is 2.57. The van der Waals surface area contributed by atoms with Crippen LogP contribution in [-0.4, -0.2) is 37.0 Å². The maximum absolute atomic E-state index is 12.6. The predicted octanol–water partition coefficient (Wildman–Crippen LogP) is 2.88. The highest BCUT2D eigenvalue weighted by Crippen LogP contribution is 2.21. The Morgan fingerprint density at radius 3 is 2.36 bits per heavy atom. The van der Waals surface area contributed by atoms with E-state index in [9.17, 15) is 4.79 Å². The number of halogens is 1. The molecule has 5 heteroatoms. The van der Waals surface area contributed by atoms with E-state index in [1.165, 1.54) is 5.69 Å². The third kappa shape index (κ3) is 3.02. The second-order valence-electron chi connectivity index (χ2n) is 5.35. The molecule has 2 N–H and O–H groups in total. The van der Waals surface area contributed by atoms with E-state index >= 15 is 0 Å². The van der Waals surface area contributed by atoms with Crippen LogP contribution in [0.1, 0.15) is 10.4 Å². The molecule has 114 valence electrons. The molecule has 0 spiro atoms. The van der Waals surface area contributed by atoms with E-state index in [1.807, 2.05) is 23.1 Å². The highest BCUT2D eigenvalue weighted by Gasteiger charge is 2.23. The van der Waals surface area contributed by atoms with Gasteiger partial charge in [-0.15, -0.1) is 0 Å². The molecule has 2 aromatic rings. The highest BCUT2D eigenvalue weighted by molar-refractivity contribution is 6.31. The van der Waals surface area contributed by atoms with Gasteiger partial charge in [-0.3, -0.25) is 4.79 Å². The number of nitrogens with two attached hydrogens (primary N) is 1. The summed E-state index contributed by atoms with van der Waals surface area (Å²) < 4.78 is 0. The van der Waals surface area contributed by atoms with Crippen LogP contribution in [0.3, 0.4) is 0 Å². The zero-order valence-corrected chi connectivity index (χ0v) is 13.0. The molecule has 0 aliphatic carbocycles. The maximum Gasteiger partial charge on any atom is 0.256 e. The fraction of sp³-hybridized carbons (Fsp3) is 0.235. The number of anilines is 2. The normalized spacial score (nSPS) is 15.0. The summed E-state index contributed by atoms with van der Waals surface area (Å²) in [5, 5.41) is 0.528. The van der Waals surface area contributed by atoms with E-state index < -0.39 is 0 Å². The Morgan fingerprint density at radius 1 is 1.00 bits per heavy atom. The Morgan fingerprint density at radius 2 is 1.68 bits per heavy atom. The molecule has 0 atom stereocenters. The van der Waals surface area contributed by atoms with Crippen molar-refractivity contribution in [2.45, 2.75) is 0 Å². The fourth-order valence-corrected chi connectivity index (χ4v) is 2.86. The second kappa shape index (κ2) is 6.28. The van der Waals surface area contributed by atoms with Gasteiger partial charge in [0.1, 0.15) is 0 Å². The van der Waals surface area contributed by atoms with E-state index in [1.54, 1.807) is 18.2 Å². The second-order valence-corrected chi connectivity index (χ2v) is 5.78. The third-order valence-electron chi connectivity index (χ3n) is 3.93. The molecule has 0 aromatic heterocycles. The summed E-state index contributed by atoms with van der Waals surface area (Å²) in [4.78, 5) is 16.7. The first kappa shape index (κ1) is 14.7. The zero-order chi connectivity index (χ0) is 15.5. The molecular formula is C17H18ClN3O. The van der Waals surface area contributed by atoms with Crippen LogP contribution in [0.15, 0.2) is 48.5 Å². The van der Waals surface area contributed by atoms with Gasteiger partial charge < -0.3 is 15.5 Å². The van der Waals surface area contributed by atoms with Crippen molar-refractivity contribution in [3.05, 3.63) is 59.1 Å². The van der Waals surface area contributed by atoms with Gasteiger partial charge in [0, 0.05) is 42.6 Å². The van der Waals surface area contributed by atoms with Crippen LogP contribution in [0.2, 0.25) is 5.02 Å². The number of rotatable bonds is 2. The quantitative estimate of drug-likeness (QED) is 0.867. The molecular weight excluding hydrogens is 298 g/mol. The molecule has 1 heterocycles. The predicted molar refractivity (Wildman–Crippen MR) is 90.4 cm³/mol. The molecule has 1 saturated heterocycles. The van der Waals surface area contributed by atoms with Crippen LogP contribution in [0.5, 0.6) is 0 Å². The third-order valence-corrected chi connectivity index (χ3v) is 4.17. The minimum atomic E-state index is -0.0484. The lowest BCUT2D eigenvalue weighted by Gasteiger charge is -2.36. The van der Waals surface area contributed by atoms with Crippen molar-refractivity contribution in [3.63, 3.8) is 0 Å². The molecule has 0 radical (unpaired) electrons. The SMILES string of the molecule is Nc1ccc(Cl)cc1C(=O)N1CCN(c2ccccc2)CC1. The van der Waals surface area contributed by atoms with Crippen LogP contribution in [0, 0.1) is 0 Å². The molecule has 2 aromatic carbocycles. The first-order valence-electron chi connectivity index (χ1n) is 7.29. The first-order valence-corrected chi connectivity index (χ1v) is 7.67. The Kier molecular flexibility index (Phi) is 4.20. The molecule has 22 heavy (non-hydrogen) atoms. The van der Waals surface area contributed by atoms with Crippen LogP contribution < -0.4 is 10.6 Å². The molecule has 3 rings (SSSR count). The zero-order valence-electron chi connectivity index (χ0n) is 12.2. The van der Waals surface area contributed by atoms with Crippen LogP contribution in [0.4, 0.5) is 11.4 Å². The summed E-state index contributed by atoms with van der Waals surface area (Å²) in [5.41, 5.74) is 8.05. The van der Waals surface area contributed by atoms with Crippen LogP contribution >= 0.6 is 11.6 Å². The molecule has 0 unspecified atom stereocenters. The number of hydrogen-bond acceptors (Lipinski definition) is 3. The van der Waals surface area contributed by atoms with Gasteiger partial charge in [-0.2, -0.15) is 0 Å². The number of nitrogen functional groups attached to an aromatic ring is 1. The highest BCUT2D eigenvalue weighted by atomic mass is 35.5. The Hall–Kier alpha value is -2.20. The van der Waals surface area contributed by atoms with Crippen molar-refractivity contribution in [2.75, 3.05) is 36.8 Å². The number of nitrogens with zero attached hydrogens (tertiary/aromatic N) is 2. The number of carbonyl (C=O) groups is 1. The van der Waals surface area contributed by atoms with Crippen molar-refractivity contribution in [1.82, 2.24) is 4.90 Å². The number of benzene rings is 2. The smallest absolute Gasteiger partial charge is 0.256 e. The van der Waals surface area contributed by atoms with Crippen molar-refractivity contribution < 1.29 is 4.79 Å². The fourth-order valence-electron chi connectivity index (χ4n) is 2.69. The topological polar surface area (TPSA) is 49.6 Å². The van der Waals surface area contributed by atoms with Gasteiger partial charge in [-0.1, -0.05) is 29.8 Å². The van der Waals surface area contributed by atoms with Gasteiger partial charge in [0.25, 0.3) is 5.91 Å². The van der Waals surface area contributed by atoms with Gasteiger partial charge in [0.05, 0.1) is 5.56 Å². The van der Waals surface area contributed by atoms with Crippen LogP contribution in [0.25, 0.3) is 0 Å². The lowest BCUT2D eigenvalue weighted by molar-refractivity contribution is 0.0748. The molecule has 0 saturated carbocycles. The number of para-hydroxylation sites is 1. The van der Waals surface area contributed by atoms with Crippen molar-refractivity contribution >= 4 is 28.9 Å². The Labute approximate surface area is 135 Å². The summed E-state index contributed by atoms with van der Waals surface area (Å²) >= 11 is 5.97. The number of carbonyl (C=O) groups excluding carboxylic acids is 1. The lowest BCUT2D eigenvalue weighted by Crippen LogP contribution is -2.48. The largest absolute Gasteiger partial charge is 0.398 e. The molecule has 0 bridgehead atoms. The summed E-state index contributed by atoms with van der Waals surface area (Å²) in [7, 11) is 0. The van der Waals surface area contributed by atoms with E-state index in [0.717, 1.165) is 13.1 Å². The minimum Gasteiger partial charge on any atom is -0.398 e. The van der Waals surface area contributed by atoms with E-state index in [4.69, 9.17) is 17.3 Å². The number of amides is 1. The number of hydrogen-bond donors (Lipinski definition) is 1. The van der Waals surface area contributed by atoms with Crippen molar-refractivity contribution in [2.24, 2.45) is 0 Å². The molecule has 1 amide bonds. The van der Waals surface area contributed by atoms with Crippen LogP contribution in [-0.2, 0) is 0 Å². The molecule has 1 aliphatic rings. The summed E-state index contributed by atoms with van der Waals surface area (Å²) in [5.74, 6) is -0.0484. The van der Waals surface area contributed by atoms with E-state index in [0.29, 0.717) is 29.4 Å². The molecule has 1 aliphatic heterocycles. The van der Waals surface area contributed by atoms with E-state index in [-0.39, 0.29) is 5.91 Å². The monoisotopic (exact) mass is 315 g/mol. The van der Waals surface area contributed by atoms with Gasteiger partial charge >= 0.3 is 0 Å². The lowest BCUT2D eigenvalue weighted by atomic mass is 10.1. The van der Waals surface area contributed by atoms with Gasteiger partial charge in [0.15, 0.2) is 0 Å². The summed E-state index contributed by atoms with van der Waals surface area (Å²) in [6.45, 7) is 2.99. The van der Waals surface area contributed by atoms with Gasteiger partial charge in [-0.05, 0) is 30.3 Å². The molecule has 4 nitrogen and oxygen atoms in total. The van der Waals surface area contributed by atoms with Gasteiger partial charge in [-0.25, -0.2) is 0 Å². The number of piperazine rings is 1. The van der Waals surface area contributed by atoms with E-state index in [2.05, 4.69) is 17.0 Å². The van der Waals surface area contributed by atoms with Crippen molar-refractivity contribution in [3.8, 4) is 0 Å². The first-order chi connectivity index (χ1) is 10.6. The molecule has 1 fully saturated rings. The summed E-state index contributed by atoms with van der Waals surface area (Å²) in [6.07, 6.45) is 0. The average molecular weight is 316 g/mol. The Balaban J connectivity index is 1.68. The standard InChI is InChI=1S/C17H18ClN3O/c18-13-6-7-16(19)15(12-13)17(22)21-10-8-20(9-11-21)14-4-2-1-3-5-14/h1-7,12H,8-11,19H2. The van der Waals surface area contributed by atoms with Crippen molar-refractivity contribution in [1.29, 1.82) is 0 Å². The summed E-state index contributed by atoms with van der Waals surface area (Å²) in [6, 6.07) is 15.3. The maximum atomic E-state index is 12.6. The Bertz CT molecular complexity index is 667. The minimum absolute atomic E-state index is 0.0484. The van der Waals surface area contributed by atoms with Gasteiger partial charge in [0.2, 0.25) is 0 Å².